The van der Waals surface area contributed by atoms with Crippen molar-refractivity contribution in [1.82, 2.24) is 10.6 Å². The Kier molecular flexibility index (Phi) is 7.31. The molecule has 0 heterocycles. The molecule has 0 aromatic heterocycles. The van der Waals surface area contributed by atoms with Crippen LogP contribution in [0.5, 0.6) is 5.75 Å². The van der Waals surface area contributed by atoms with E-state index in [0.29, 0.717) is 0 Å². The van der Waals surface area contributed by atoms with E-state index >= 15 is 0 Å². The minimum atomic E-state index is -4.78. The highest BCUT2D eigenvalue weighted by Crippen LogP contribution is 2.26. The molecule has 26 heavy (non-hydrogen) atoms. The van der Waals surface area contributed by atoms with Crippen LogP contribution >= 0.6 is 0 Å². The molecule has 0 unspecified atom stereocenters. The predicted molar refractivity (Wildman–Crippen MR) is 94.9 cm³/mol. The maximum Gasteiger partial charge on any atom is 0.573 e. The Morgan fingerprint density at radius 3 is 2.31 bits per heavy atom. The van der Waals surface area contributed by atoms with Crippen molar-refractivity contribution >= 4 is 15.8 Å². The molecule has 0 fully saturated rings. The fourth-order valence-electron chi connectivity index (χ4n) is 1.88. The summed E-state index contributed by atoms with van der Waals surface area (Å²) in [4.78, 5) is 3.93. The molecule has 1 aromatic carbocycles. The Morgan fingerprint density at radius 1 is 1.15 bits per heavy atom. The molecule has 0 aliphatic heterocycles. The number of guanidine groups is 1. The summed E-state index contributed by atoms with van der Waals surface area (Å²) in [6.45, 7) is 5.00. The maximum absolute atomic E-state index is 12.4. The molecule has 1 aromatic rings. The lowest BCUT2D eigenvalue weighted by molar-refractivity contribution is -0.274. The number of nitrogens with one attached hydrogen (secondary N) is 2. The zero-order valence-electron chi connectivity index (χ0n) is 15.1. The highest BCUT2D eigenvalue weighted by molar-refractivity contribution is 7.92. The predicted octanol–water partition coefficient (Wildman–Crippen LogP) is 2.46. The third-order valence-corrected chi connectivity index (χ3v) is 6.07. The minimum Gasteiger partial charge on any atom is -0.405 e. The van der Waals surface area contributed by atoms with Gasteiger partial charge in [0, 0.05) is 25.7 Å². The number of para-hydroxylation sites is 1. The molecule has 0 radical (unpaired) electrons. The number of sulfone groups is 1. The van der Waals surface area contributed by atoms with Gasteiger partial charge in [-0.2, -0.15) is 0 Å². The largest absolute Gasteiger partial charge is 0.573 e. The first-order valence-corrected chi connectivity index (χ1v) is 9.51. The molecule has 0 saturated carbocycles. The van der Waals surface area contributed by atoms with Crippen LogP contribution in [0.4, 0.5) is 13.2 Å². The monoisotopic (exact) mass is 395 g/mol. The number of benzene rings is 1. The molecule has 0 atom stereocenters. The first-order valence-electron chi connectivity index (χ1n) is 7.86. The number of halogens is 3. The number of hydrogen-bond acceptors (Lipinski definition) is 4. The number of rotatable bonds is 6. The molecule has 0 aliphatic rings. The van der Waals surface area contributed by atoms with Crippen LogP contribution in [0.1, 0.15) is 26.3 Å². The molecular weight excluding hydrogens is 371 g/mol. The lowest BCUT2D eigenvalue weighted by atomic mass is 10.2. The van der Waals surface area contributed by atoms with Crippen LogP contribution in [0.2, 0.25) is 0 Å². The van der Waals surface area contributed by atoms with Crippen LogP contribution in [0.15, 0.2) is 29.3 Å². The first-order chi connectivity index (χ1) is 11.9. The van der Waals surface area contributed by atoms with Gasteiger partial charge in [0.05, 0.1) is 10.5 Å². The quantitative estimate of drug-likeness (QED) is 0.571. The summed E-state index contributed by atoms with van der Waals surface area (Å²) in [5.74, 6) is -0.125. The third-order valence-electron chi connectivity index (χ3n) is 3.46. The van der Waals surface area contributed by atoms with Gasteiger partial charge in [0.15, 0.2) is 15.8 Å². The van der Waals surface area contributed by atoms with Gasteiger partial charge in [0.1, 0.15) is 5.75 Å². The lowest BCUT2D eigenvalue weighted by Crippen LogP contribution is -2.41. The average Bonchev–Trinajstić information content (AvgIpc) is 2.49. The van der Waals surface area contributed by atoms with E-state index in [2.05, 4.69) is 20.4 Å². The van der Waals surface area contributed by atoms with E-state index in [1.807, 2.05) is 0 Å². The Balaban J connectivity index is 2.64. The normalized spacial score (nSPS) is 13.4. The van der Waals surface area contributed by atoms with E-state index in [1.165, 1.54) is 25.2 Å². The first kappa shape index (κ1) is 22.1. The van der Waals surface area contributed by atoms with E-state index in [9.17, 15) is 21.6 Å². The molecule has 10 heteroatoms. The van der Waals surface area contributed by atoms with E-state index in [1.54, 1.807) is 26.8 Å². The van der Waals surface area contributed by atoms with Crippen molar-refractivity contribution in [3.8, 4) is 5.75 Å². The van der Waals surface area contributed by atoms with Gasteiger partial charge >= 0.3 is 6.36 Å². The van der Waals surface area contributed by atoms with Gasteiger partial charge in [-0.1, -0.05) is 18.2 Å². The van der Waals surface area contributed by atoms with Crippen molar-refractivity contribution in [3.05, 3.63) is 29.8 Å². The molecule has 6 nitrogen and oxygen atoms in total. The van der Waals surface area contributed by atoms with E-state index in [4.69, 9.17) is 0 Å². The smallest absolute Gasteiger partial charge is 0.405 e. The van der Waals surface area contributed by atoms with Crippen molar-refractivity contribution in [3.63, 3.8) is 0 Å². The Bertz CT molecular complexity index is 726. The number of aliphatic imine (C=N–C) groups is 1. The maximum atomic E-state index is 12.4. The number of nitrogens with zero attached hydrogens (tertiary/aromatic N) is 1. The summed E-state index contributed by atoms with van der Waals surface area (Å²) in [5.41, 5.74) is 0.287. The molecule has 0 aliphatic carbocycles. The summed E-state index contributed by atoms with van der Waals surface area (Å²) in [6, 6.07) is 5.74. The molecule has 148 valence electrons. The van der Waals surface area contributed by atoms with Crippen LogP contribution in [0, 0.1) is 0 Å². The van der Waals surface area contributed by atoms with Crippen molar-refractivity contribution < 1.29 is 26.3 Å². The molecule has 1 rings (SSSR count). The fourth-order valence-corrected chi connectivity index (χ4v) is 2.87. The van der Waals surface area contributed by atoms with Crippen molar-refractivity contribution in [1.29, 1.82) is 0 Å². The molecule has 0 spiro atoms. The third kappa shape index (κ3) is 7.11. The highest BCUT2D eigenvalue weighted by atomic mass is 32.2. The topological polar surface area (TPSA) is 79.8 Å². The number of alkyl halides is 3. The molecule has 0 bridgehead atoms. The van der Waals surface area contributed by atoms with E-state index in [0.717, 1.165) is 0 Å². The fraction of sp³-hybridized carbons (Fsp3) is 0.562. The Labute approximate surface area is 151 Å². The molecular formula is C16H24F3N3O3S. The number of ether oxygens (including phenoxy) is 1. The SMILES string of the molecule is CN=C(NCCS(=O)(=O)C(C)(C)C)NCc1ccccc1OC(F)(F)F. The van der Waals surface area contributed by atoms with E-state index < -0.39 is 20.9 Å². The zero-order chi connectivity index (χ0) is 20.0. The van der Waals surface area contributed by atoms with Crippen molar-refractivity contribution in [2.24, 2.45) is 4.99 Å². The van der Waals surface area contributed by atoms with E-state index in [-0.39, 0.29) is 36.1 Å². The summed E-state index contributed by atoms with van der Waals surface area (Å²) in [5, 5.41) is 5.67. The van der Waals surface area contributed by atoms with Gasteiger partial charge in [-0.15, -0.1) is 13.2 Å². The number of hydrogen-bond donors (Lipinski definition) is 2. The lowest BCUT2D eigenvalue weighted by Gasteiger charge is -2.20. The van der Waals surface area contributed by atoms with Gasteiger partial charge in [-0.25, -0.2) is 8.42 Å². The highest BCUT2D eigenvalue weighted by Gasteiger charge is 2.32. The summed E-state index contributed by atoms with van der Waals surface area (Å²) < 4.78 is 64.5. The van der Waals surface area contributed by atoms with Crippen LogP contribution in [-0.4, -0.2) is 44.8 Å². The van der Waals surface area contributed by atoms with Crippen LogP contribution < -0.4 is 15.4 Å². The Hall–Kier alpha value is -1.97. The van der Waals surface area contributed by atoms with Gasteiger partial charge < -0.3 is 15.4 Å². The molecule has 0 saturated heterocycles. The second-order valence-electron chi connectivity index (χ2n) is 6.44. The van der Waals surface area contributed by atoms with Crippen LogP contribution in [0.3, 0.4) is 0 Å². The van der Waals surface area contributed by atoms with Crippen LogP contribution in [-0.2, 0) is 16.4 Å². The minimum absolute atomic E-state index is 0.0257. The summed E-state index contributed by atoms with van der Waals surface area (Å²) in [6.07, 6.45) is -4.78. The second kappa shape index (κ2) is 8.61. The Morgan fingerprint density at radius 2 is 1.77 bits per heavy atom. The second-order valence-corrected chi connectivity index (χ2v) is 9.30. The van der Waals surface area contributed by atoms with Gasteiger partial charge in [0.25, 0.3) is 0 Å². The summed E-state index contributed by atoms with van der Waals surface area (Å²) in [7, 11) is -1.81. The van der Waals surface area contributed by atoms with Gasteiger partial charge in [0.2, 0.25) is 0 Å². The summed E-state index contributed by atoms with van der Waals surface area (Å²) >= 11 is 0. The molecule has 0 amide bonds. The standard InChI is InChI=1S/C16H24F3N3O3S/c1-15(2,3)26(23,24)10-9-21-14(20-4)22-11-12-7-5-6-8-13(12)25-16(17,18)19/h5-8H,9-11H2,1-4H3,(H2,20,21,22). The van der Waals surface area contributed by atoms with Crippen LogP contribution in [0.25, 0.3) is 0 Å². The zero-order valence-corrected chi connectivity index (χ0v) is 16.0. The van der Waals surface area contributed by atoms with Gasteiger partial charge in [-0.05, 0) is 26.8 Å². The van der Waals surface area contributed by atoms with Gasteiger partial charge in [-0.3, -0.25) is 4.99 Å². The molecule has 2 N–H and O–H groups in total. The average molecular weight is 395 g/mol. The van der Waals surface area contributed by atoms with Crippen molar-refractivity contribution in [2.45, 2.75) is 38.4 Å². The van der Waals surface area contributed by atoms with Crippen molar-refractivity contribution in [2.75, 3.05) is 19.3 Å².